The first-order valence-electron chi connectivity index (χ1n) is 9.33. The highest BCUT2D eigenvalue weighted by atomic mass is 16.1. The van der Waals surface area contributed by atoms with E-state index in [2.05, 4.69) is 46.7 Å². The Hall–Kier alpha value is -2.23. The molecular formula is C21H23N3O. The van der Waals surface area contributed by atoms with Crippen LogP contribution >= 0.6 is 0 Å². The number of azo groups is 1. The van der Waals surface area contributed by atoms with Gasteiger partial charge < -0.3 is 5.32 Å². The summed E-state index contributed by atoms with van der Waals surface area (Å²) < 4.78 is 0. The van der Waals surface area contributed by atoms with Crippen LogP contribution in [0.4, 0.5) is 0 Å². The van der Waals surface area contributed by atoms with E-state index in [4.69, 9.17) is 0 Å². The Morgan fingerprint density at radius 2 is 1.84 bits per heavy atom. The zero-order valence-corrected chi connectivity index (χ0v) is 14.6. The molecule has 1 aromatic carbocycles. The lowest BCUT2D eigenvalue weighted by Gasteiger charge is -2.45. The molecular weight excluding hydrogens is 310 g/mol. The second kappa shape index (κ2) is 5.13. The number of rotatable bonds is 1. The fourth-order valence-corrected chi connectivity index (χ4v) is 5.48. The van der Waals surface area contributed by atoms with Crippen molar-refractivity contribution in [1.82, 2.24) is 5.32 Å². The van der Waals surface area contributed by atoms with Crippen LogP contribution in [-0.2, 0) is 10.2 Å². The third kappa shape index (κ3) is 2.03. The van der Waals surface area contributed by atoms with Crippen LogP contribution in [0, 0.1) is 5.41 Å². The maximum atomic E-state index is 13.4. The first-order valence-corrected chi connectivity index (χ1v) is 9.33. The van der Waals surface area contributed by atoms with Crippen LogP contribution in [0.25, 0.3) is 0 Å². The lowest BCUT2D eigenvalue weighted by Crippen LogP contribution is -2.45. The van der Waals surface area contributed by atoms with Crippen molar-refractivity contribution in [3.8, 4) is 0 Å². The minimum atomic E-state index is -0.419. The standard InChI is InChI=1S/C21H23N3O/c1-20(14-7-3-2-4-8-14)15-13-22-24-19(15)23-16-11-21(9-5-6-10-21)12-17(25)18(16)20/h2-4,7-8,23H,5-6,9-13H2,1H3/t20-/m1/s1. The topological polar surface area (TPSA) is 53.8 Å². The van der Waals surface area contributed by atoms with Crippen molar-refractivity contribution < 1.29 is 4.79 Å². The normalized spacial score (nSPS) is 29.9. The monoisotopic (exact) mass is 333 g/mol. The van der Waals surface area contributed by atoms with Crippen molar-refractivity contribution in [1.29, 1.82) is 0 Å². The highest BCUT2D eigenvalue weighted by molar-refractivity contribution is 6.01. The predicted molar refractivity (Wildman–Crippen MR) is 95.8 cm³/mol. The van der Waals surface area contributed by atoms with Gasteiger partial charge in [-0.15, -0.1) is 5.11 Å². The van der Waals surface area contributed by atoms with E-state index in [9.17, 15) is 4.79 Å². The lowest BCUT2D eigenvalue weighted by molar-refractivity contribution is -0.119. The number of allylic oxidation sites excluding steroid dienone is 2. The molecule has 0 bridgehead atoms. The summed E-state index contributed by atoms with van der Waals surface area (Å²) in [6.07, 6.45) is 6.52. The third-order valence-electron chi connectivity index (χ3n) is 6.74. The Morgan fingerprint density at radius 1 is 1.08 bits per heavy atom. The number of Topliss-reactive ketones (excluding diaryl/α,β-unsaturated/α-hetero) is 1. The number of nitrogens with zero attached hydrogens (tertiary/aromatic N) is 2. The molecule has 2 aliphatic heterocycles. The summed E-state index contributed by atoms with van der Waals surface area (Å²) in [7, 11) is 0. The van der Waals surface area contributed by atoms with E-state index < -0.39 is 5.41 Å². The van der Waals surface area contributed by atoms with E-state index >= 15 is 0 Å². The van der Waals surface area contributed by atoms with Crippen molar-refractivity contribution in [2.24, 2.45) is 15.6 Å². The summed E-state index contributed by atoms with van der Waals surface area (Å²) in [5.74, 6) is 1.19. The number of dihydropyridines is 1. The molecule has 1 atom stereocenters. The molecule has 0 aromatic heterocycles. The van der Waals surface area contributed by atoms with Crippen molar-refractivity contribution >= 4 is 5.78 Å². The van der Waals surface area contributed by atoms with Gasteiger partial charge in [0.05, 0.1) is 6.54 Å². The fraction of sp³-hybridized carbons (Fsp3) is 0.476. The summed E-state index contributed by atoms with van der Waals surface area (Å²) in [6.45, 7) is 2.76. The molecule has 5 rings (SSSR count). The van der Waals surface area contributed by atoms with Crippen LogP contribution < -0.4 is 5.32 Å². The molecule has 0 saturated heterocycles. The molecule has 1 aromatic rings. The summed E-state index contributed by atoms with van der Waals surface area (Å²) in [5, 5.41) is 12.1. The van der Waals surface area contributed by atoms with Gasteiger partial charge >= 0.3 is 0 Å². The zero-order chi connectivity index (χ0) is 17.1. The highest BCUT2D eigenvalue weighted by Crippen LogP contribution is 2.55. The number of benzene rings is 1. The molecule has 1 N–H and O–H groups in total. The first kappa shape index (κ1) is 15.1. The maximum Gasteiger partial charge on any atom is 0.162 e. The molecule has 4 heteroatoms. The van der Waals surface area contributed by atoms with Crippen molar-refractivity contribution in [3.63, 3.8) is 0 Å². The molecule has 0 radical (unpaired) electrons. The van der Waals surface area contributed by atoms with Gasteiger partial charge in [0, 0.05) is 28.7 Å². The molecule has 1 saturated carbocycles. The van der Waals surface area contributed by atoms with Crippen LogP contribution in [0.1, 0.15) is 51.0 Å². The Labute approximate surface area is 148 Å². The molecule has 1 spiro atoms. The second-order valence-corrected chi connectivity index (χ2v) is 8.18. The average molecular weight is 333 g/mol. The van der Waals surface area contributed by atoms with Crippen LogP contribution in [0.5, 0.6) is 0 Å². The molecule has 25 heavy (non-hydrogen) atoms. The summed E-state index contributed by atoms with van der Waals surface area (Å²) in [5.41, 5.74) is 4.12. The van der Waals surface area contributed by atoms with Gasteiger partial charge in [-0.25, -0.2) is 0 Å². The van der Waals surface area contributed by atoms with Crippen LogP contribution in [0.15, 0.2) is 63.2 Å². The number of ketones is 1. The van der Waals surface area contributed by atoms with Crippen molar-refractivity contribution in [2.75, 3.05) is 6.54 Å². The number of carbonyl (C=O) groups excluding carboxylic acids is 1. The van der Waals surface area contributed by atoms with Crippen molar-refractivity contribution in [3.05, 3.63) is 58.6 Å². The molecule has 2 aliphatic carbocycles. The van der Waals surface area contributed by atoms with Crippen LogP contribution in [-0.4, -0.2) is 12.3 Å². The maximum absolute atomic E-state index is 13.4. The fourth-order valence-electron chi connectivity index (χ4n) is 5.48. The molecule has 0 unspecified atom stereocenters. The Bertz CT molecular complexity index is 843. The largest absolute Gasteiger partial charge is 0.342 e. The average Bonchev–Trinajstić information content (AvgIpc) is 3.25. The van der Waals surface area contributed by atoms with Crippen LogP contribution in [0.3, 0.4) is 0 Å². The minimum absolute atomic E-state index is 0.175. The van der Waals surface area contributed by atoms with Crippen molar-refractivity contribution in [2.45, 2.75) is 50.9 Å². The number of nitrogens with one attached hydrogen (secondary N) is 1. The Balaban J connectivity index is 1.69. The summed E-state index contributed by atoms with van der Waals surface area (Å²) in [6, 6.07) is 10.4. The molecule has 128 valence electrons. The quantitative estimate of drug-likeness (QED) is 0.828. The van der Waals surface area contributed by atoms with Gasteiger partial charge in [-0.1, -0.05) is 43.2 Å². The Morgan fingerprint density at radius 3 is 2.60 bits per heavy atom. The minimum Gasteiger partial charge on any atom is -0.342 e. The number of hydrogen-bond acceptors (Lipinski definition) is 4. The molecule has 1 fully saturated rings. The first-order chi connectivity index (χ1) is 12.1. The van der Waals surface area contributed by atoms with Gasteiger partial charge in [0.15, 0.2) is 11.6 Å². The van der Waals surface area contributed by atoms with Gasteiger partial charge in [0.25, 0.3) is 0 Å². The van der Waals surface area contributed by atoms with E-state index in [0.29, 0.717) is 18.7 Å². The van der Waals surface area contributed by atoms with Gasteiger partial charge in [0.1, 0.15) is 0 Å². The SMILES string of the molecule is C[C@@]1(c2ccccc2)C2=C(N=NC2)NC2=C1C(=O)CC1(CCCC1)C2. The molecule has 4 nitrogen and oxygen atoms in total. The van der Waals surface area contributed by atoms with Gasteiger partial charge in [0.2, 0.25) is 0 Å². The van der Waals surface area contributed by atoms with E-state index in [0.717, 1.165) is 29.1 Å². The summed E-state index contributed by atoms with van der Waals surface area (Å²) in [4.78, 5) is 13.4. The van der Waals surface area contributed by atoms with E-state index in [-0.39, 0.29) is 5.41 Å². The number of hydrogen-bond donors (Lipinski definition) is 1. The predicted octanol–water partition coefficient (Wildman–Crippen LogP) is 4.40. The van der Waals surface area contributed by atoms with Gasteiger partial charge in [-0.2, -0.15) is 5.11 Å². The smallest absolute Gasteiger partial charge is 0.162 e. The van der Waals surface area contributed by atoms with Crippen LogP contribution in [0.2, 0.25) is 0 Å². The van der Waals surface area contributed by atoms with E-state index in [1.807, 2.05) is 6.07 Å². The van der Waals surface area contributed by atoms with Gasteiger partial charge in [-0.3, -0.25) is 4.79 Å². The highest BCUT2D eigenvalue weighted by Gasteiger charge is 2.51. The molecule has 0 amide bonds. The Kier molecular flexibility index (Phi) is 3.09. The van der Waals surface area contributed by atoms with E-state index in [1.165, 1.54) is 31.2 Å². The van der Waals surface area contributed by atoms with E-state index in [1.54, 1.807) is 0 Å². The second-order valence-electron chi connectivity index (χ2n) is 8.18. The lowest BCUT2D eigenvalue weighted by atomic mass is 9.60. The molecule has 2 heterocycles. The zero-order valence-electron chi connectivity index (χ0n) is 14.6. The molecule has 4 aliphatic rings. The van der Waals surface area contributed by atoms with Gasteiger partial charge in [-0.05, 0) is 37.2 Å². The number of carbonyl (C=O) groups is 1. The summed E-state index contributed by atoms with van der Waals surface area (Å²) >= 11 is 0. The third-order valence-corrected chi connectivity index (χ3v) is 6.74.